The van der Waals surface area contributed by atoms with Gasteiger partial charge >= 0.3 is 12.2 Å². The second-order valence-corrected chi connectivity index (χ2v) is 14.8. The summed E-state index contributed by atoms with van der Waals surface area (Å²) in [6.45, 7) is 15.0. The van der Waals surface area contributed by atoms with E-state index in [1.165, 1.54) is 0 Å². The second-order valence-electron chi connectivity index (χ2n) is 14.8. The maximum atomic E-state index is 13.8. The average Bonchev–Trinajstić information content (AvgIpc) is 3.09. The Balaban J connectivity index is 1.98. The highest BCUT2D eigenvalue weighted by Crippen LogP contribution is 2.61. The molecule has 1 aromatic carbocycles. The van der Waals surface area contributed by atoms with Gasteiger partial charge in [0.15, 0.2) is 0 Å². The molecule has 1 heterocycles. The number of rotatable bonds is 17. The van der Waals surface area contributed by atoms with Crippen LogP contribution in [0.3, 0.4) is 0 Å². The van der Waals surface area contributed by atoms with Gasteiger partial charge in [-0.3, -0.25) is 0 Å². The van der Waals surface area contributed by atoms with Crippen LogP contribution in [0.15, 0.2) is 47.7 Å². The molecule has 12 heteroatoms. The first-order chi connectivity index (χ1) is 24.4. The van der Waals surface area contributed by atoms with Crippen molar-refractivity contribution in [3.8, 4) is 11.5 Å². The summed E-state index contributed by atoms with van der Waals surface area (Å²) < 4.78 is 25.5. The zero-order chi connectivity index (χ0) is 37.2. The van der Waals surface area contributed by atoms with Crippen LogP contribution in [-0.2, 0) is 14.3 Å². The van der Waals surface area contributed by atoms with Gasteiger partial charge < -0.3 is 44.2 Å². The molecule has 3 N–H and O–H groups in total. The number of carbonyl (C=O) groups excluding carboxylic acids is 2. The Hall–Kier alpha value is -3.61. The second kappa shape index (κ2) is 18.2. The molecule has 284 valence electrons. The highest BCUT2D eigenvalue weighted by Gasteiger charge is 2.65. The number of nitrogens with zero attached hydrogens (tertiary/aromatic N) is 2. The number of hydrogen-bond acceptors (Lipinski definition) is 10. The number of benzene rings is 1. The quantitative estimate of drug-likeness (QED) is 0.0927. The van der Waals surface area contributed by atoms with Gasteiger partial charge in [-0.25, -0.2) is 9.59 Å². The number of likely N-dealkylation sites (N-methyl/N-ethyl adjacent to an activating group) is 1. The van der Waals surface area contributed by atoms with Crippen LogP contribution in [0.25, 0.3) is 0 Å². The Morgan fingerprint density at radius 3 is 2.51 bits per heavy atom. The molecular formula is C39H59N3O9. The first-order valence-corrected chi connectivity index (χ1v) is 18.5. The van der Waals surface area contributed by atoms with E-state index in [0.717, 1.165) is 36.8 Å². The van der Waals surface area contributed by atoms with Gasteiger partial charge in [0.25, 0.3) is 0 Å². The molecule has 1 aromatic rings. The number of aliphatic hydroxyl groups excluding tert-OH is 2. The molecule has 0 bridgehead atoms. The largest absolute Gasteiger partial charge is 0.459 e. The number of allylic oxidation sites excluding steroid dienone is 1. The predicted molar refractivity (Wildman–Crippen MR) is 195 cm³/mol. The van der Waals surface area contributed by atoms with E-state index >= 15 is 0 Å². The Morgan fingerprint density at radius 1 is 1.14 bits per heavy atom. The van der Waals surface area contributed by atoms with E-state index in [1.807, 2.05) is 46.8 Å². The smallest absolute Gasteiger partial charge is 0.412 e. The molecular weight excluding hydrogens is 654 g/mol. The van der Waals surface area contributed by atoms with Crippen LogP contribution in [-0.4, -0.2) is 91.5 Å². The molecule has 0 saturated heterocycles. The van der Waals surface area contributed by atoms with Gasteiger partial charge in [0.05, 0.1) is 24.8 Å². The third kappa shape index (κ3) is 9.44. The van der Waals surface area contributed by atoms with Crippen LogP contribution in [0.5, 0.6) is 11.5 Å². The van der Waals surface area contributed by atoms with Crippen molar-refractivity contribution in [1.29, 1.82) is 0 Å². The normalized spacial score (nSPS) is 25.8. The Kier molecular flexibility index (Phi) is 14.4. The third-order valence-electron chi connectivity index (χ3n) is 9.86. The van der Waals surface area contributed by atoms with Crippen molar-refractivity contribution in [1.82, 2.24) is 10.2 Å². The van der Waals surface area contributed by atoms with Crippen molar-refractivity contribution < 1.29 is 43.6 Å². The first-order valence-electron chi connectivity index (χ1n) is 18.5. The number of nitrogens with one attached hydrogen (secondary N) is 1. The molecule has 0 spiro atoms. The lowest BCUT2D eigenvalue weighted by atomic mass is 9.55. The SMILES string of the molecule is C=CCO[C@@]12Oc3ccc(OC(=O)NCC)cc3[C@H]3[C@H](CCCCO)[C@@H](CCCCO)C=C(C(=NOCC)C[C@@H]1N(C)C(=O)OCC(C)(C)C)[C@H]32. The number of amides is 2. The van der Waals surface area contributed by atoms with Crippen LogP contribution in [0.2, 0.25) is 0 Å². The lowest BCUT2D eigenvalue weighted by Gasteiger charge is -2.59. The van der Waals surface area contributed by atoms with Crippen LogP contribution in [0.1, 0.15) is 91.0 Å². The molecule has 1 aliphatic heterocycles. The van der Waals surface area contributed by atoms with Gasteiger partial charge in [-0.05, 0) is 80.6 Å². The Labute approximate surface area is 303 Å². The van der Waals surface area contributed by atoms with Gasteiger partial charge in [0.2, 0.25) is 5.79 Å². The molecule has 3 aliphatic rings. The van der Waals surface area contributed by atoms with E-state index in [1.54, 1.807) is 24.1 Å². The summed E-state index contributed by atoms with van der Waals surface area (Å²) in [4.78, 5) is 33.7. The Morgan fingerprint density at radius 2 is 1.86 bits per heavy atom. The van der Waals surface area contributed by atoms with Gasteiger partial charge in [-0.1, -0.05) is 50.9 Å². The maximum absolute atomic E-state index is 13.8. The van der Waals surface area contributed by atoms with E-state index in [0.29, 0.717) is 43.2 Å². The molecule has 1 saturated carbocycles. The summed E-state index contributed by atoms with van der Waals surface area (Å²) in [5.74, 6) is -1.01. The van der Waals surface area contributed by atoms with E-state index in [4.69, 9.17) is 23.8 Å². The fraction of sp³-hybridized carbons (Fsp3) is 0.667. The minimum Gasteiger partial charge on any atom is -0.459 e. The lowest BCUT2D eigenvalue weighted by molar-refractivity contribution is -0.253. The van der Waals surface area contributed by atoms with Gasteiger partial charge in [0.1, 0.15) is 24.1 Å². The van der Waals surface area contributed by atoms with Crippen molar-refractivity contribution in [2.75, 3.05) is 46.6 Å². The third-order valence-corrected chi connectivity index (χ3v) is 9.86. The molecule has 6 atom stereocenters. The molecule has 2 amide bonds. The van der Waals surface area contributed by atoms with Crippen molar-refractivity contribution in [2.45, 2.75) is 97.3 Å². The zero-order valence-corrected chi connectivity index (χ0v) is 31.3. The molecule has 0 unspecified atom stereocenters. The van der Waals surface area contributed by atoms with Crippen LogP contribution in [0, 0.1) is 23.2 Å². The zero-order valence-electron chi connectivity index (χ0n) is 31.3. The van der Waals surface area contributed by atoms with Crippen LogP contribution in [0.4, 0.5) is 9.59 Å². The molecule has 4 rings (SSSR count). The van der Waals surface area contributed by atoms with Crippen molar-refractivity contribution in [3.63, 3.8) is 0 Å². The lowest BCUT2D eigenvalue weighted by Crippen LogP contribution is -2.69. The minimum atomic E-state index is -1.38. The van der Waals surface area contributed by atoms with Gasteiger partial charge in [-0.2, -0.15) is 0 Å². The summed E-state index contributed by atoms with van der Waals surface area (Å²) in [7, 11) is 1.71. The van der Waals surface area contributed by atoms with Gasteiger partial charge in [0, 0.05) is 44.7 Å². The van der Waals surface area contributed by atoms with E-state index in [2.05, 4.69) is 23.1 Å². The summed E-state index contributed by atoms with van der Waals surface area (Å²) in [5.41, 5.74) is 2.25. The number of carbonyl (C=O) groups is 2. The molecule has 1 fully saturated rings. The molecule has 0 radical (unpaired) electrons. The number of unbranched alkanes of at least 4 members (excludes halogenated alkanes) is 2. The van der Waals surface area contributed by atoms with Crippen LogP contribution < -0.4 is 14.8 Å². The first kappa shape index (κ1) is 40.2. The molecule has 2 aliphatic carbocycles. The average molecular weight is 714 g/mol. The fourth-order valence-corrected chi connectivity index (χ4v) is 7.73. The van der Waals surface area contributed by atoms with Crippen molar-refractivity contribution in [3.05, 3.63) is 48.1 Å². The summed E-state index contributed by atoms with van der Waals surface area (Å²) >= 11 is 0. The predicted octanol–water partition coefficient (Wildman–Crippen LogP) is 6.56. The number of fused-ring (bicyclic) bond motifs is 2. The van der Waals surface area contributed by atoms with E-state index < -0.39 is 29.9 Å². The molecule has 12 nitrogen and oxygen atoms in total. The Bertz CT molecular complexity index is 1410. The highest BCUT2D eigenvalue weighted by molar-refractivity contribution is 6.02. The minimum absolute atomic E-state index is 0.0447. The maximum Gasteiger partial charge on any atom is 0.412 e. The number of oxime groups is 1. The monoisotopic (exact) mass is 713 g/mol. The van der Waals surface area contributed by atoms with Crippen molar-refractivity contribution >= 4 is 17.9 Å². The summed E-state index contributed by atoms with van der Waals surface area (Å²) in [6, 6.07) is 4.71. The molecule has 0 aromatic heterocycles. The standard InChI is InChI=1S/C39H59N3O9/c1-8-21-48-39-33(42(7)37(46)47-25-38(4,5)6)24-31(41-49-10-3)29-22-26(15-11-13-19-43)28(16-12-14-20-44)34(35(29)39)30-23-27(17-18-32(30)51-39)50-36(45)40-9-2/h8,17-18,22-23,26,28,33-35,43-44H,1,9-16,19-21,24-25H2,2-7H3,(H,40,45)/t26-,28+,33-,34+,35+,39+/m0/s1. The van der Waals surface area contributed by atoms with Crippen LogP contribution >= 0.6 is 0 Å². The molecule has 51 heavy (non-hydrogen) atoms. The highest BCUT2D eigenvalue weighted by atomic mass is 16.7. The topological polar surface area (TPSA) is 148 Å². The van der Waals surface area contributed by atoms with E-state index in [-0.39, 0.29) is 56.0 Å². The number of hydrogen-bond donors (Lipinski definition) is 3. The fourth-order valence-electron chi connectivity index (χ4n) is 7.73. The number of ether oxygens (including phenoxy) is 4. The summed E-state index contributed by atoms with van der Waals surface area (Å²) in [6.07, 6.45) is 7.73. The number of aliphatic hydroxyl groups is 2. The van der Waals surface area contributed by atoms with Gasteiger partial charge in [-0.15, -0.1) is 6.58 Å². The van der Waals surface area contributed by atoms with E-state index in [9.17, 15) is 19.8 Å². The summed E-state index contributed by atoms with van der Waals surface area (Å²) in [5, 5.41) is 26.8. The van der Waals surface area contributed by atoms with Crippen molar-refractivity contribution in [2.24, 2.45) is 28.3 Å².